The summed E-state index contributed by atoms with van der Waals surface area (Å²) in [6.45, 7) is 10.1. The van der Waals surface area contributed by atoms with Crippen molar-refractivity contribution in [1.29, 1.82) is 0 Å². The minimum atomic E-state index is -4.07. The topological polar surface area (TPSA) is 63.6 Å². The zero-order chi connectivity index (χ0) is 22.8. The Hall–Kier alpha value is -2.37. The van der Waals surface area contributed by atoms with Gasteiger partial charge in [0.05, 0.1) is 5.60 Å². The molecule has 0 aliphatic heterocycles. The summed E-state index contributed by atoms with van der Waals surface area (Å²) in [6.07, 6.45) is 1.01. The molecule has 3 rings (SSSR count). The summed E-state index contributed by atoms with van der Waals surface area (Å²) in [5.41, 5.74) is 0.280. The molecular weight excluding hydrogens is 408 g/mol. The Morgan fingerprint density at radius 3 is 2.03 bits per heavy atom. The molecular formula is C26H32O4S. The van der Waals surface area contributed by atoms with Crippen LogP contribution in [0.4, 0.5) is 0 Å². The quantitative estimate of drug-likeness (QED) is 0.424. The molecule has 0 fully saturated rings. The summed E-state index contributed by atoms with van der Waals surface area (Å²) >= 11 is 0. The van der Waals surface area contributed by atoms with Gasteiger partial charge in [0.25, 0.3) is 0 Å². The van der Waals surface area contributed by atoms with Crippen molar-refractivity contribution in [2.45, 2.75) is 58.0 Å². The number of aryl methyl sites for hydroxylation is 1. The minimum absolute atomic E-state index is 0.0910. The normalized spacial score (nSPS) is 12.6. The number of aliphatic hydroxyl groups is 1. The van der Waals surface area contributed by atoms with Crippen LogP contribution in [0.5, 0.6) is 5.75 Å². The van der Waals surface area contributed by atoms with Crippen molar-refractivity contribution in [3.8, 4) is 5.75 Å². The van der Waals surface area contributed by atoms with Gasteiger partial charge in [-0.15, -0.1) is 0 Å². The molecule has 0 bridgehead atoms. The lowest BCUT2D eigenvalue weighted by atomic mass is 9.79. The van der Waals surface area contributed by atoms with Gasteiger partial charge in [-0.1, -0.05) is 81.8 Å². The molecule has 0 radical (unpaired) electrons. The van der Waals surface area contributed by atoms with Crippen LogP contribution in [0.25, 0.3) is 10.8 Å². The van der Waals surface area contributed by atoms with Crippen LogP contribution >= 0.6 is 0 Å². The number of fused-ring (bicyclic) bond motifs is 1. The van der Waals surface area contributed by atoms with Gasteiger partial charge in [0.15, 0.2) is 5.75 Å². The fourth-order valence-corrected chi connectivity index (χ4v) is 5.18. The fraction of sp³-hybridized carbons (Fsp3) is 0.385. The maximum Gasteiger partial charge on any atom is 0.339 e. The summed E-state index contributed by atoms with van der Waals surface area (Å²) in [4.78, 5) is 0.0910. The predicted octanol–water partition coefficient (Wildman–Crippen LogP) is 6.20. The summed E-state index contributed by atoms with van der Waals surface area (Å²) in [6, 6.07) is 17.8. The lowest BCUT2D eigenvalue weighted by Crippen LogP contribution is -2.30. The molecule has 0 heterocycles. The van der Waals surface area contributed by atoms with E-state index >= 15 is 0 Å². The van der Waals surface area contributed by atoms with Crippen molar-refractivity contribution in [2.24, 2.45) is 11.8 Å². The van der Waals surface area contributed by atoms with E-state index in [1.807, 2.05) is 43.3 Å². The fourth-order valence-electron chi connectivity index (χ4n) is 4.22. The Balaban J connectivity index is 2.21. The molecule has 0 saturated heterocycles. The van der Waals surface area contributed by atoms with E-state index in [0.29, 0.717) is 23.8 Å². The Bertz CT molecular complexity index is 1140. The standard InChI is InChI=1S/C26H32O4S/c1-18(2)16-26(27,17-19(3)4)24-15-12-21-8-6-7-9-23(21)25(24)30-31(28,29)22-13-10-20(5)11-14-22/h6-15,18-19,27H,16-17H2,1-5H3. The molecule has 0 amide bonds. The molecule has 4 nitrogen and oxygen atoms in total. The zero-order valence-corrected chi connectivity index (χ0v) is 19.7. The third-order valence-corrected chi connectivity index (χ3v) is 6.61. The summed E-state index contributed by atoms with van der Waals surface area (Å²) in [5, 5.41) is 13.3. The van der Waals surface area contributed by atoms with Crippen molar-refractivity contribution in [3.05, 3.63) is 71.8 Å². The van der Waals surface area contributed by atoms with Crippen molar-refractivity contribution >= 4 is 20.9 Å². The molecule has 0 aliphatic carbocycles. The predicted molar refractivity (Wildman–Crippen MR) is 126 cm³/mol. The molecule has 0 atom stereocenters. The smallest absolute Gasteiger partial charge is 0.339 e. The number of benzene rings is 3. The largest absolute Gasteiger partial charge is 0.385 e. The van der Waals surface area contributed by atoms with E-state index in [9.17, 15) is 13.5 Å². The maximum absolute atomic E-state index is 13.2. The van der Waals surface area contributed by atoms with Crippen LogP contribution in [0.15, 0.2) is 65.6 Å². The summed E-state index contributed by atoms with van der Waals surface area (Å²) in [7, 11) is -4.07. The summed E-state index contributed by atoms with van der Waals surface area (Å²) < 4.78 is 32.1. The molecule has 5 heteroatoms. The van der Waals surface area contributed by atoms with Crippen molar-refractivity contribution in [1.82, 2.24) is 0 Å². The first kappa shape index (κ1) is 23.3. The highest BCUT2D eigenvalue weighted by molar-refractivity contribution is 7.87. The van der Waals surface area contributed by atoms with Crippen LogP contribution in [0.3, 0.4) is 0 Å². The average molecular weight is 441 g/mol. The Kier molecular flexibility index (Phi) is 6.77. The van der Waals surface area contributed by atoms with E-state index < -0.39 is 15.7 Å². The van der Waals surface area contributed by atoms with E-state index in [1.165, 1.54) is 0 Å². The maximum atomic E-state index is 13.2. The second-order valence-corrected chi connectivity index (χ2v) is 10.8. The molecule has 31 heavy (non-hydrogen) atoms. The van der Waals surface area contributed by atoms with Gasteiger partial charge in [-0.2, -0.15) is 8.42 Å². The first-order chi connectivity index (χ1) is 14.5. The summed E-state index contributed by atoms with van der Waals surface area (Å²) in [5.74, 6) is 0.649. The molecule has 0 saturated carbocycles. The first-order valence-corrected chi connectivity index (χ1v) is 12.2. The van der Waals surface area contributed by atoms with Crippen LogP contribution in [0, 0.1) is 18.8 Å². The SMILES string of the molecule is Cc1ccc(S(=O)(=O)Oc2c(C(O)(CC(C)C)CC(C)C)ccc3ccccc23)cc1. The Morgan fingerprint density at radius 2 is 1.45 bits per heavy atom. The van der Waals surface area contributed by atoms with E-state index in [-0.39, 0.29) is 22.5 Å². The average Bonchev–Trinajstić information content (AvgIpc) is 2.67. The van der Waals surface area contributed by atoms with Gasteiger partial charge in [0, 0.05) is 10.9 Å². The highest BCUT2D eigenvalue weighted by atomic mass is 32.2. The van der Waals surface area contributed by atoms with Crippen LogP contribution in [0.1, 0.15) is 51.7 Å². The monoisotopic (exact) mass is 440 g/mol. The van der Waals surface area contributed by atoms with Gasteiger partial charge in [-0.05, 0) is 49.1 Å². The van der Waals surface area contributed by atoms with Crippen LogP contribution in [-0.4, -0.2) is 13.5 Å². The lowest BCUT2D eigenvalue weighted by Gasteiger charge is -2.33. The molecule has 0 spiro atoms. The first-order valence-electron chi connectivity index (χ1n) is 10.8. The van der Waals surface area contributed by atoms with E-state index in [1.54, 1.807) is 24.3 Å². The van der Waals surface area contributed by atoms with Gasteiger partial charge < -0.3 is 9.29 Å². The molecule has 166 valence electrons. The molecule has 0 unspecified atom stereocenters. The molecule has 1 N–H and O–H groups in total. The molecule has 0 aliphatic rings. The van der Waals surface area contributed by atoms with Gasteiger partial charge in [-0.25, -0.2) is 0 Å². The van der Waals surface area contributed by atoms with E-state index in [2.05, 4.69) is 27.7 Å². The second kappa shape index (κ2) is 9.01. The van der Waals surface area contributed by atoms with Crippen LogP contribution in [0.2, 0.25) is 0 Å². The Morgan fingerprint density at radius 1 is 0.871 bits per heavy atom. The minimum Gasteiger partial charge on any atom is -0.385 e. The molecule has 3 aromatic rings. The highest BCUT2D eigenvalue weighted by Gasteiger charge is 2.36. The zero-order valence-electron chi connectivity index (χ0n) is 18.9. The molecule has 0 aromatic heterocycles. The van der Waals surface area contributed by atoms with E-state index in [0.717, 1.165) is 10.9 Å². The number of hydrogen-bond acceptors (Lipinski definition) is 4. The second-order valence-electron chi connectivity index (χ2n) is 9.24. The number of rotatable bonds is 8. The third kappa shape index (κ3) is 5.28. The van der Waals surface area contributed by atoms with Gasteiger partial charge in [-0.3, -0.25) is 0 Å². The Labute approximate surface area is 186 Å². The number of hydrogen-bond donors (Lipinski definition) is 1. The lowest BCUT2D eigenvalue weighted by molar-refractivity contribution is -0.00547. The van der Waals surface area contributed by atoms with E-state index in [4.69, 9.17) is 4.18 Å². The van der Waals surface area contributed by atoms with Crippen molar-refractivity contribution < 1.29 is 17.7 Å². The van der Waals surface area contributed by atoms with Crippen LogP contribution < -0.4 is 4.18 Å². The van der Waals surface area contributed by atoms with Crippen molar-refractivity contribution in [2.75, 3.05) is 0 Å². The molecule has 3 aromatic carbocycles. The highest BCUT2D eigenvalue weighted by Crippen LogP contribution is 2.43. The van der Waals surface area contributed by atoms with Gasteiger partial charge >= 0.3 is 10.1 Å². The van der Waals surface area contributed by atoms with Crippen LogP contribution in [-0.2, 0) is 15.7 Å². The van der Waals surface area contributed by atoms with Crippen molar-refractivity contribution in [3.63, 3.8) is 0 Å². The van der Waals surface area contributed by atoms with Gasteiger partial charge in [0.1, 0.15) is 4.90 Å². The third-order valence-electron chi connectivity index (χ3n) is 5.38. The van der Waals surface area contributed by atoms with Gasteiger partial charge in [0.2, 0.25) is 0 Å².